The third-order valence-electron chi connectivity index (χ3n) is 3.96. The van der Waals surface area contributed by atoms with Crippen molar-refractivity contribution in [3.8, 4) is 28.3 Å². The quantitative estimate of drug-likeness (QED) is 0.442. The number of ether oxygens (including phenoxy) is 1. The Hall–Kier alpha value is -3.65. The van der Waals surface area contributed by atoms with Gasteiger partial charge in [0.15, 0.2) is 5.01 Å². The number of pyridine rings is 2. The Morgan fingerprint density at radius 3 is 2.71 bits per heavy atom. The van der Waals surface area contributed by atoms with Crippen LogP contribution in [0.2, 0.25) is 0 Å². The van der Waals surface area contributed by atoms with E-state index in [0.717, 1.165) is 15.9 Å². The lowest BCUT2D eigenvalue weighted by atomic mass is 10.2. The number of aromatic nitrogens is 5. The molecule has 0 spiro atoms. The van der Waals surface area contributed by atoms with Crippen LogP contribution >= 0.6 is 11.3 Å². The van der Waals surface area contributed by atoms with Crippen LogP contribution in [0.3, 0.4) is 0 Å². The van der Waals surface area contributed by atoms with E-state index in [9.17, 15) is 0 Å². The molecule has 0 aliphatic carbocycles. The zero-order valence-electron chi connectivity index (χ0n) is 14.5. The molecule has 5 aromatic rings. The molecule has 8 heteroatoms. The summed E-state index contributed by atoms with van der Waals surface area (Å²) in [4.78, 5) is 18.5. The van der Waals surface area contributed by atoms with Crippen molar-refractivity contribution in [2.75, 3.05) is 0 Å². The van der Waals surface area contributed by atoms with Crippen LogP contribution in [0.4, 0.5) is 0 Å². The van der Waals surface area contributed by atoms with Gasteiger partial charge in [0.1, 0.15) is 22.6 Å². The number of benzene rings is 1. The Labute approximate surface area is 163 Å². The van der Waals surface area contributed by atoms with E-state index in [1.807, 2.05) is 54.6 Å². The molecule has 0 bridgehead atoms. The van der Waals surface area contributed by atoms with E-state index in [0.29, 0.717) is 34.9 Å². The van der Waals surface area contributed by atoms with Crippen LogP contribution in [0, 0.1) is 0 Å². The molecule has 0 saturated carbocycles. The van der Waals surface area contributed by atoms with E-state index in [4.69, 9.17) is 9.26 Å². The highest BCUT2D eigenvalue weighted by atomic mass is 32.1. The van der Waals surface area contributed by atoms with Gasteiger partial charge in [-0.3, -0.25) is 0 Å². The van der Waals surface area contributed by atoms with Crippen LogP contribution in [0.15, 0.2) is 71.4 Å². The van der Waals surface area contributed by atoms with E-state index in [2.05, 4.69) is 25.1 Å². The molecule has 5 rings (SSSR count). The number of hydrogen-bond donors (Lipinski definition) is 0. The molecule has 0 aliphatic heterocycles. The molecule has 0 fully saturated rings. The van der Waals surface area contributed by atoms with Gasteiger partial charge in [0.25, 0.3) is 5.89 Å². The Kier molecular flexibility index (Phi) is 4.23. The van der Waals surface area contributed by atoms with E-state index in [1.165, 1.54) is 11.3 Å². The summed E-state index contributed by atoms with van der Waals surface area (Å²) < 4.78 is 11.2. The Balaban J connectivity index is 1.38. The highest BCUT2D eigenvalue weighted by molar-refractivity contribution is 7.21. The molecule has 0 N–H and O–H groups in total. The maximum atomic E-state index is 5.77. The molecule has 0 radical (unpaired) electrons. The van der Waals surface area contributed by atoms with Crippen molar-refractivity contribution in [3.05, 3.63) is 72.4 Å². The number of rotatable bonds is 5. The molecular formula is C20H13N5O2S. The van der Waals surface area contributed by atoms with Crippen LogP contribution in [0.1, 0.15) is 5.56 Å². The largest absolute Gasteiger partial charge is 0.473 e. The van der Waals surface area contributed by atoms with Gasteiger partial charge in [-0.25, -0.2) is 15.0 Å². The van der Waals surface area contributed by atoms with Crippen LogP contribution in [0.5, 0.6) is 5.88 Å². The topological polar surface area (TPSA) is 86.8 Å². The predicted molar refractivity (Wildman–Crippen MR) is 105 cm³/mol. The van der Waals surface area contributed by atoms with Gasteiger partial charge < -0.3 is 9.26 Å². The molecule has 4 aromatic heterocycles. The molecule has 1 aromatic carbocycles. The van der Waals surface area contributed by atoms with Gasteiger partial charge >= 0.3 is 0 Å². The third-order valence-corrected chi connectivity index (χ3v) is 4.92. The van der Waals surface area contributed by atoms with Crippen molar-refractivity contribution in [2.45, 2.75) is 6.61 Å². The summed E-state index contributed by atoms with van der Waals surface area (Å²) in [5.41, 5.74) is 2.44. The van der Waals surface area contributed by atoms with Gasteiger partial charge in [-0.05, 0) is 23.8 Å². The van der Waals surface area contributed by atoms with Gasteiger partial charge in [-0.2, -0.15) is 4.98 Å². The highest BCUT2D eigenvalue weighted by Crippen LogP contribution is 2.29. The fourth-order valence-electron chi connectivity index (χ4n) is 2.63. The van der Waals surface area contributed by atoms with Crippen molar-refractivity contribution < 1.29 is 9.26 Å². The summed E-state index contributed by atoms with van der Waals surface area (Å²) in [5.74, 6) is 1.22. The van der Waals surface area contributed by atoms with Crippen molar-refractivity contribution in [1.29, 1.82) is 0 Å². The Morgan fingerprint density at radius 1 is 0.893 bits per heavy atom. The predicted octanol–water partition coefficient (Wildman–Crippen LogP) is 4.38. The maximum Gasteiger partial charge on any atom is 0.287 e. The first-order chi connectivity index (χ1) is 13.8. The van der Waals surface area contributed by atoms with E-state index >= 15 is 0 Å². The monoisotopic (exact) mass is 387 g/mol. The molecule has 28 heavy (non-hydrogen) atoms. The molecule has 0 saturated heterocycles. The summed E-state index contributed by atoms with van der Waals surface area (Å²) in [6.45, 7) is 0.438. The maximum absolute atomic E-state index is 5.77. The van der Waals surface area contributed by atoms with E-state index in [1.54, 1.807) is 12.3 Å². The van der Waals surface area contributed by atoms with Gasteiger partial charge in [0.05, 0.1) is 0 Å². The van der Waals surface area contributed by atoms with Crippen molar-refractivity contribution in [1.82, 2.24) is 25.1 Å². The summed E-state index contributed by atoms with van der Waals surface area (Å²) in [6.07, 6.45) is 1.73. The van der Waals surface area contributed by atoms with Gasteiger partial charge in [0, 0.05) is 12.3 Å². The Morgan fingerprint density at radius 2 is 1.82 bits per heavy atom. The van der Waals surface area contributed by atoms with Crippen LogP contribution in [-0.2, 0) is 6.61 Å². The number of hydrogen-bond acceptors (Lipinski definition) is 8. The molecular weight excluding hydrogens is 374 g/mol. The van der Waals surface area contributed by atoms with Gasteiger partial charge in [0.2, 0.25) is 11.7 Å². The fourth-order valence-corrected chi connectivity index (χ4v) is 3.46. The van der Waals surface area contributed by atoms with E-state index < -0.39 is 0 Å². The van der Waals surface area contributed by atoms with Crippen LogP contribution in [-0.4, -0.2) is 25.1 Å². The van der Waals surface area contributed by atoms with Crippen molar-refractivity contribution >= 4 is 21.7 Å². The van der Waals surface area contributed by atoms with Gasteiger partial charge in [-0.15, -0.1) is 0 Å². The summed E-state index contributed by atoms with van der Waals surface area (Å²) in [5, 5.41) is 4.66. The lowest BCUT2D eigenvalue weighted by Crippen LogP contribution is -1.98. The average molecular weight is 387 g/mol. The number of nitrogens with zero attached hydrogens (tertiary/aromatic N) is 5. The second-order valence-corrected chi connectivity index (χ2v) is 6.88. The first-order valence-electron chi connectivity index (χ1n) is 8.55. The molecule has 136 valence electrons. The summed E-state index contributed by atoms with van der Waals surface area (Å²) >= 11 is 1.40. The molecule has 0 amide bonds. The zero-order valence-corrected chi connectivity index (χ0v) is 15.3. The lowest BCUT2D eigenvalue weighted by molar-refractivity contribution is 0.294. The molecule has 4 heterocycles. The minimum Gasteiger partial charge on any atom is -0.473 e. The van der Waals surface area contributed by atoms with Crippen LogP contribution in [0.25, 0.3) is 32.8 Å². The molecule has 0 atom stereocenters. The normalized spacial score (nSPS) is 11.0. The van der Waals surface area contributed by atoms with Crippen molar-refractivity contribution in [3.63, 3.8) is 0 Å². The summed E-state index contributed by atoms with van der Waals surface area (Å²) in [7, 11) is 0. The molecule has 0 aliphatic rings. The highest BCUT2D eigenvalue weighted by Gasteiger charge is 2.16. The molecule has 7 nitrogen and oxygen atoms in total. The fraction of sp³-hybridized carbons (Fsp3) is 0.0500. The number of thiazole rings is 1. The standard InChI is InChI=1S/C20H13N5O2S/c1-2-6-13(7-3-1)12-26-16-10-4-8-14(22-16)17-24-18(27-25-17)20-23-15-9-5-11-21-19(15)28-20/h1-11H,12H2. The summed E-state index contributed by atoms with van der Waals surface area (Å²) in [6, 6.07) is 19.1. The SMILES string of the molecule is c1ccc(COc2cccc(-c3noc(-c4nc5cccnc5s4)n3)n2)cc1. The lowest BCUT2D eigenvalue weighted by Gasteiger charge is -2.05. The Bertz CT molecular complexity index is 1200. The minimum absolute atomic E-state index is 0.343. The first-order valence-corrected chi connectivity index (χ1v) is 9.36. The van der Waals surface area contributed by atoms with E-state index in [-0.39, 0.29) is 0 Å². The van der Waals surface area contributed by atoms with Gasteiger partial charge in [-0.1, -0.05) is 52.9 Å². The second-order valence-electron chi connectivity index (χ2n) is 5.91. The molecule has 0 unspecified atom stereocenters. The van der Waals surface area contributed by atoms with Crippen LogP contribution < -0.4 is 4.74 Å². The van der Waals surface area contributed by atoms with Crippen molar-refractivity contribution in [2.24, 2.45) is 0 Å². The minimum atomic E-state index is 0.343. The average Bonchev–Trinajstić information content (AvgIpc) is 3.40. The first kappa shape index (κ1) is 16.5. The number of fused-ring (bicyclic) bond motifs is 1. The second kappa shape index (κ2) is 7.16. The third kappa shape index (κ3) is 3.33. The zero-order chi connectivity index (χ0) is 18.8. The smallest absolute Gasteiger partial charge is 0.287 e.